The Morgan fingerprint density at radius 1 is 1.05 bits per heavy atom. The first-order valence-electron chi connectivity index (χ1n) is 6.38. The molecule has 100 valence electrons. The first-order chi connectivity index (χ1) is 9.24. The number of furan rings is 1. The monoisotopic (exact) mass is 260 g/mol. The summed E-state index contributed by atoms with van der Waals surface area (Å²) in [4.78, 5) is 0. The van der Waals surface area contributed by atoms with Crippen LogP contribution in [0.4, 0.5) is 0 Å². The standard InChI is InChI=1S/C15H16O4/c1-10-3-5-13(19-10)15(16)11-4-6-12-14(9-11)18-8-2-7-17-12/h3-6,9,15-16H,2,7-8H2,1H3. The average molecular weight is 260 g/mol. The van der Waals surface area contributed by atoms with Crippen LogP contribution in [0.1, 0.15) is 29.6 Å². The zero-order chi connectivity index (χ0) is 13.2. The van der Waals surface area contributed by atoms with Crippen LogP contribution in [0.5, 0.6) is 11.5 Å². The Kier molecular flexibility index (Phi) is 3.17. The molecule has 0 bridgehead atoms. The summed E-state index contributed by atoms with van der Waals surface area (Å²) in [5, 5.41) is 10.3. The summed E-state index contributed by atoms with van der Waals surface area (Å²) in [7, 11) is 0. The number of aliphatic hydroxyl groups excluding tert-OH is 1. The van der Waals surface area contributed by atoms with Gasteiger partial charge in [0.1, 0.15) is 17.6 Å². The molecule has 19 heavy (non-hydrogen) atoms. The van der Waals surface area contributed by atoms with Crippen LogP contribution < -0.4 is 9.47 Å². The first-order valence-corrected chi connectivity index (χ1v) is 6.38. The molecule has 0 fully saturated rings. The average Bonchev–Trinajstić information content (AvgIpc) is 2.72. The Morgan fingerprint density at radius 2 is 1.84 bits per heavy atom. The van der Waals surface area contributed by atoms with Crippen LogP contribution in [-0.2, 0) is 0 Å². The number of ether oxygens (including phenoxy) is 2. The lowest BCUT2D eigenvalue weighted by molar-refractivity contribution is 0.187. The molecular weight excluding hydrogens is 244 g/mol. The van der Waals surface area contributed by atoms with E-state index in [0.29, 0.717) is 24.7 Å². The molecule has 0 amide bonds. The summed E-state index contributed by atoms with van der Waals surface area (Å²) in [5.74, 6) is 2.72. The van der Waals surface area contributed by atoms with Gasteiger partial charge in [0, 0.05) is 6.42 Å². The first kappa shape index (κ1) is 12.1. The van der Waals surface area contributed by atoms with E-state index in [9.17, 15) is 5.11 Å². The molecule has 1 atom stereocenters. The van der Waals surface area contributed by atoms with Gasteiger partial charge in [-0.1, -0.05) is 6.07 Å². The van der Waals surface area contributed by atoms with Gasteiger partial charge in [0.2, 0.25) is 0 Å². The fourth-order valence-corrected chi connectivity index (χ4v) is 2.11. The van der Waals surface area contributed by atoms with Crippen LogP contribution in [0.2, 0.25) is 0 Å². The molecule has 1 unspecified atom stereocenters. The van der Waals surface area contributed by atoms with E-state index in [1.807, 2.05) is 31.2 Å². The van der Waals surface area contributed by atoms with E-state index in [1.54, 1.807) is 6.07 Å². The van der Waals surface area contributed by atoms with Gasteiger partial charge in [0.05, 0.1) is 13.2 Å². The Morgan fingerprint density at radius 3 is 2.58 bits per heavy atom. The van der Waals surface area contributed by atoms with E-state index < -0.39 is 6.10 Å². The van der Waals surface area contributed by atoms with E-state index in [2.05, 4.69) is 0 Å². The lowest BCUT2D eigenvalue weighted by atomic mass is 10.1. The molecule has 1 N–H and O–H groups in total. The normalized spacial score (nSPS) is 15.9. The zero-order valence-electron chi connectivity index (χ0n) is 10.8. The summed E-state index contributed by atoms with van der Waals surface area (Å²) >= 11 is 0. The number of aliphatic hydroxyl groups is 1. The van der Waals surface area contributed by atoms with Crippen LogP contribution in [-0.4, -0.2) is 18.3 Å². The Hall–Kier alpha value is -1.94. The fraction of sp³-hybridized carbons (Fsp3) is 0.333. The summed E-state index contributed by atoms with van der Waals surface area (Å²) in [5.41, 5.74) is 0.735. The summed E-state index contributed by atoms with van der Waals surface area (Å²) in [6, 6.07) is 9.08. The van der Waals surface area contributed by atoms with Gasteiger partial charge in [0.15, 0.2) is 11.5 Å². The highest BCUT2D eigenvalue weighted by molar-refractivity contribution is 5.45. The lowest BCUT2D eigenvalue weighted by Gasteiger charge is -2.12. The van der Waals surface area contributed by atoms with E-state index in [4.69, 9.17) is 13.9 Å². The van der Waals surface area contributed by atoms with Crippen molar-refractivity contribution in [3.05, 3.63) is 47.4 Å². The highest BCUT2D eigenvalue weighted by Crippen LogP contribution is 2.34. The van der Waals surface area contributed by atoms with Gasteiger partial charge < -0.3 is 19.0 Å². The second kappa shape index (κ2) is 4.97. The van der Waals surface area contributed by atoms with Crippen LogP contribution in [0, 0.1) is 6.92 Å². The van der Waals surface area contributed by atoms with Gasteiger partial charge in [0.25, 0.3) is 0 Å². The van der Waals surface area contributed by atoms with Crippen LogP contribution in [0.15, 0.2) is 34.7 Å². The van der Waals surface area contributed by atoms with Crippen molar-refractivity contribution >= 4 is 0 Å². The molecule has 2 heterocycles. The maximum absolute atomic E-state index is 10.3. The third-order valence-electron chi connectivity index (χ3n) is 3.12. The van der Waals surface area contributed by atoms with Gasteiger partial charge in [-0.05, 0) is 36.8 Å². The number of fused-ring (bicyclic) bond motifs is 1. The van der Waals surface area contributed by atoms with E-state index in [0.717, 1.165) is 23.5 Å². The molecule has 0 spiro atoms. The van der Waals surface area contributed by atoms with E-state index in [1.165, 1.54) is 0 Å². The topological polar surface area (TPSA) is 51.8 Å². The second-order valence-electron chi connectivity index (χ2n) is 4.61. The molecule has 1 aliphatic heterocycles. The number of benzene rings is 1. The SMILES string of the molecule is Cc1ccc(C(O)c2ccc3c(c2)OCCCO3)o1. The fourth-order valence-electron chi connectivity index (χ4n) is 2.11. The summed E-state index contributed by atoms with van der Waals surface area (Å²) in [6.07, 6.45) is 0.0788. The second-order valence-corrected chi connectivity index (χ2v) is 4.61. The third-order valence-corrected chi connectivity index (χ3v) is 3.12. The van der Waals surface area contributed by atoms with Gasteiger partial charge in [-0.15, -0.1) is 0 Å². The van der Waals surface area contributed by atoms with Crippen LogP contribution in [0.3, 0.4) is 0 Å². The largest absolute Gasteiger partial charge is 0.490 e. The molecule has 0 saturated carbocycles. The molecule has 4 heteroatoms. The molecule has 0 saturated heterocycles. The number of hydrogen-bond donors (Lipinski definition) is 1. The lowest BCUT2D eigenvalue weighted by Crippen LogP contribution is -2.00. The molecule has 0 aliphatic carbocycles. The van der Waals surface area contributed by atoms with Crippen molar-refractivity contribution in [3.63, 3.8) is 0 Å². The minimum Gasteiger partial charge on any atom is -0.490 e. The van der Waals surface area contributed by atoms with Gasteiger partial charge in [-0.25, -0.2) is 0 Å². The van der Waals surface area contributed by atoms with Crippen molar-refractivity contribution in [3.8, 4) is 11.5 Å². The maximum atomic E-state index is 10.3. The smallest absolute Gasteiger partial charge is 0.161 e. The maximum Gasteiger partial charge on any atom is 0.161 e. The quantitative estimate of drug-likeness (QED) is 0.902. The minimum atomic E-state index is -0.786. The molecular formula is C15H16O4. The van der Waals surface area contributed by atoms with E-state index >= 15 is 0 Å². The molecule has 1 aliphatic rings. The van der Waals surface area contributed by atoms with Crippen molar-refractivity contribution < 1.29 is 19.0 Å². The van der Waals surface area contributed by atoms with Crippen molar-refractivity contribution in [1.82, 2.24) is 0 Å². The molecule has 1 aromatic carbocycles. The van der Waals surface area contributed by atoms with Crippen molar-refractivity contribution in [2.45, 2.75) is 19.4 Å². The van der Waals surface area contributed by atoms with Crippen LogP contribution in [0.25, 0.3) is 0 Å². The Labute approximate surface area is 111 Å². The molecule has 2 aromatic rings. The highest BCUT2D eigenvalue weighted by atomic mass is 16.5. The molecule has 4 nitrogen and oxygen atoms in total. The molecule has 3 rings (SSSR count). The predicted octanol–water partition coefficient (Wildman–Crippen LogP) is 2.83. The highest BCUT2D eigenvalue weighted by Gasteiger charge is 2.18. The zero-order valence-corrected chi connectivity index (χ0v) is 10.8. The predicted molar refractivity (Wildman–Crippen MR) is 69.6 cm³/mol. The molecule has 1 aromatic heterocycles. The van der Waals surface area contributed by atoms with Crippen molar-refractivity contribution in [1.29, 1.82) is 0 Å². The molecule has 0 radical (unpaired) electrons. The van der Waals surface area contributed by atoms with E-state index in [-0.39, 0.29) is 0 Å². The van der Waals surface area contributed by atoms with Gasteiger partial charge >= 0.3 is 0 Å². The summed E-state index contributed by atoms with van der Waals surface area (Å²) < 4.78 is 16.6. The Bertz CT molecular complexity index is 573. The number of aryl methyl sites for hydroxylation is 1. The number of rotatable bonds is 2. The third kappa shape index (κ3) is 2.44. The van der Waals surface area contributed by atoms with Crippen molar-refractivity contribution in [2.24, 2.45) is 0 Å². The van der Waals surface area contributed by atoms with Gasteiger partial charge in [-0.2, -0.15) is 0 Å². The van der Waals surface area contributed by atoms with Gasteiger partial charge in [-0.3, -0.25) is 0 Å². The Balaban J connectivity index is 1.91. The summed E-state index contributed by atoms with van der Waals surface area (Å²) in [6.45, 7) is 3.14. The minimum absolute atomic E-state index is 0.534. The van der Waals surface area contributed by atoms with Crippen LogP contribution >= 0.6 is 0 Å². The van der Waals surface area contributed by atoms with Crippen molar-refractivity contribution in [2.75, 3.05) is 13.2 Å². The number of hydrogen-bond acceptors (Lipinski definition) is 4.